The number of anilines is 2. The Balaban J connectivity index is 1.35. The molecule has 6 nitrogen and oxygen atoms in total. The van der Waals surface area contributed by atoms with Gasteiger partial charge in [0.15, 0.2) is 0 Å². The van der Waals surface area contributed by atoms with Gasteiger partial charge in [0.05, 0.1) is 13.2 Å². The van der Waals surface area contributed by atoms with Crippen molar-refractivity contribution in [3.05, 3.63) is 95.1 Å². The van der Waals surface area contributed by atoms with E-state index < -0.39 is 10.8 Å². The summed E-state index contributed by atoms with van der Waals surface area (Å²) >= 11 is 0. The van der Waals surface area contributed by atoms with Crippen LogP contribution >= 0.6 is 0 Å². The molecule has 0 unspecified atom stereocenters. The Morgan fingerprint density at radius 1 is 0.587 bits per heavy atom. The lowest BCUT2D eigenvalue weighted by Crippen LogP contribution is -2.31. The van der Waals surface area contributed by atoms with E-state index in [4.69, 9.17) is 9.47 Å². The van der Waals surface area contributed by atoms with E-state index in [1.165, 1.54) is 0 Å². The van der Waals surface area contributed by atoms with Gasteiger partial charge in [-0.15, -0.1) is 0 Å². The topological polar surface area (TPSA) is 76.7 Å². The highest BCUT2D eigenvalue weighted by atomic mass is 16.5. The molecule has 0 aromatic heterocycles. The molecule has 6 heteroatoms. The molecule has 4 rings (SSSR count). The minimum atomic E-state index is -0.592. The van der Waals surface area contributed by atoms with Crippen LogP contribution < -0.4 is 20.1 Å². The quantitative estimate of drug-likeness (QED) is 0.137. The first-order valence-electron chi connectivity index (χ1n) is 16.3. The zero-order valence-electron chi connectivity index (χ0n) is 28.8. The maximum atomic E-state index is 13.5. The number of fused-ring (bicyclic) bond motifs is 1. The van der Waals surface area contributed by atoms with E-state index in [-0.39, 0.29) is 11.8 Å². The molecule has 4 aromatic rings. The Kier molecular flexibility index (Phi) is 11.2. The summed E-state index contributed by atoms with van der Waals surface area (Å²) in [5.41, 5.74) is 4.80. The number of carbonyl (C=O) groups excluding carboxylic acids is 2. The third kappa shape index (κ3) is 8.90. The summed E-state index contributed by atoms with van der Waals surface area (Å²) in [7, 11) is 0. The third-order valence-electron chi connectivity index (χ3n) is 8.74. The molecule has 0 aliphatic rings. The standard InChI is InChI=1S/C40H50N2O4/c1-27-17-19-29(3)35(25-27)45-23-11-21-39(5,6)37(43)41-33-15-9-14-32-31(33)13-10-16-34(32)42-38(44)40(7,8)22-12-24-46-36-26-28(2)18-20-30(36)4/h9-10,13-20,25-26H,11-12,21-24H2,1-8H3,(H,41,43)(H,42,44). The van der Waals surface area contributed by atoms with Crippen molar-refractivity contribution in [3.8, 4) is 11.5 Å². The van der Waals surface area contributed by atoms with Gasteiger partial charge in [0.25, 0.3) is 0 Å². The predicted molar refractivity (Wildman–Crippen MR) is 190 cm³/mol. The van der Waals surface area contributed by atoms with Crippen molar-refractivity contribution in [2.45, 2.75) is 81.1 Å². The molecule has 0 atom stereocenters. The highest BCUT2D eigenvalue weighted by Gasteiger charge is 2.29. The maximum Gasteiger partial charge on any atom is 0.230 e. The largest absolute Gasteiger partial charge is 0.493 e. The van der Waals surface area contributed by atoms with Crippen LogP contribution in [0.2, 0.25) is 0 Å². The molecule has 0 fully saturated rings. The molecule has 0 bridgehead atoms. The molecule has 2 amide bonds. The van der Waals surface area contributed by atoms with E-state index in [1.807, 2.05) is 77.9 Å². The van der Waals surface area contributed by atoms with Gasteiger partial charge in [-0.3, -0.25) is 9.59 Å². The van der Waals surface area contributed by atoms with Gasteiger partial charge in [-0.1, -0.05) is 76.2 Å². The van der Waals surface area contributed by atoms with Crippen LogP contribution in [0.3, 0.4) is 0 Å². The van der Waals surface area contributed by atoms with Crippen LogP contribution in [-0.4, -0.2) is 25.0 Å². The lowest BCUT2D eigenvalue weighted by atomic mass is 9.86. The molecule has 0 radical (unpaired) electrons. The predicted octanol–water partition coefficient (Wildman–Crippen LogP) is 9.72. The molecule has 0 heterocycles. The maximum absolute atomic E-state index is 13.5. The van der Waals surface area contributed by atoms with Crippen molar-refractivity contribution in [2.75, 3.05) is 23.8 Å². The van der Waals surface area contributed by atoms with Crippen LogP contribution in [0.15, 0.2) is 72.8 Å². The molecule has 0 saturated carbocycles. The summed E-state index contributed by atoms with van der Waals surface area (Å²) in [4.78, 5) is 26.9. The third-order valence-corrected chi connectivity index (χ3v) is 8.74. The fourth-order valence-electron chi connectivity index (χ4n) is 5.46. The van der Waals surface area contributed by atoms with Gasteiger partial charge in [0, 0.05) is 33.0 Å². The average Bonchev–Trinajstić information content (AvgIpc) is 3.01. The number of carbonyl (C=O) groups is 2. The second-order valence-corrected chi connectivity index (χ2v) is 13.8. The minimum Gasteiger partial charge on any atom is -0.493 e. The van der Waals surface area contributed by atoms with Crippen LogP contribution in [-0.2, 0) is 9.59 Å². The Morgan fingerprint density at radius 3 is 1.37 bits per heavy atom. The number of benzene rings is 4. The molecular weight excluding hydrogens is 572 g/mol. The first-order chi connectivity index (χ1) is 21.8. The number of ether oxygens (including phenoxy) is 2. The summed E-state index contributed by atoms with van der Waals surface area (Å²) in [6.07, 6.45) is 2.88. The van der Waals surface area contributed by atoms with E-state index in [0.717, 1.165) is 68.7 Å². The van der Waals surface area contributed by atoms with Gasteiger partial charge in [-0.25, -0.2) is 0 Å². The normalized spacial score (nSPS) is 11.7. The summed E-state index contributed by atoms with van der Waals surface area (Å²) < 4.78 is 12.0. The lowest BCUT2D eigenvalue weighted by Gasteiger charge is -2.25. The number of hydrogen-bond donors (Lipinski definition) is 2. The van der Waals surface area contributed by atoms with Crippen molar-refractivity contribution in [3.63, 3.8) is 0 Å². The van der Waals surface area contributed by atoms with Gasteiger partial charge in [-0.05, 0) is 99.9 Å². The molecular formula is C40H50N2O4. The first-order valence-corrected chi connectivity index (χ1v) is 16.3. The smallest absolute Gasteiger partial charge is 0.230 e. The van der Waals surface area contributed by atoms with Crippen LogP contribution in [0, 0.1) is 38.5 Å². The lowest BCUT2D eigenvalue weighted by molar-refractivity contribution is -0.125. The molecule has 244 valence electrons. The monoisotopic (exact) mass is 622 g/mol. The Bertz CT molecular complexity index is 1560. The van der Waals surface area contributed by atoms with Crippen LogP contribution in [0.4, 0.5) is 11.4 Å². The second-order valence-electron chi connectivity index (χ2n) is 13.8. The number of amides is 2. The highest BCUT2D eigenvalue weighted by molar-refractivity contribution is 6.10. The fourth-order valence-corrected chi connectivity index (χ4v) is 5.46. The van der Waals surface area contributed by atoms with Gasteiger partial charge in [0.1, 0.15) is 11.5 Å². The van der Waals surface area contributed by atoms with Crippen molar-refractivity contribution >= 4 is 34.0 Å². The van der Waals surface area contributed by atoms with E-state index in [9.17, 15) is 9.59 Å². The SMILES string of the molecule is Cc1ccc(C)c(OCCCC(C)(C)C(=O)Nc2cccc3c(NC(=O)C(C)(C)CCCOc4cc(C)ccc4C)cccc23)c1. The second kappa shape index (κ2) is 14.8. The van der Waals surface area contributed by atoms with E-state index >= 15 is 0 Å². The Hall–Kier alpha value is -4.32. The Labute approximate surface area is 274 Å². The van der Waals surface area contributed by atoms with E-state index in [2.05, 4.69) is 60.9 Å². The first kappa shape index (κ1) is 34.6. The molecule has 0 aliphatic carbocycles. The van der Waals surface area contributed by atoms with Gasteiger partial charge in [0.2, 0.25) is 11.8 Å². The van der Waals surface area contributed by atoms with Gasteiger partial charge >= 0.3 is 0 Å². The van der Waals surface area contributed by atoms with Gasteiger partial charge in [-0.2, -0.15) is 0 Å². The number of rotatable bonds is 14. The van der Waals surface area contributed by atoms with Crippen molar-refractivity contribution in [2.24, 2.45) is 10.8 Å². The van der Waals surface area contributed by atoms with Crippen LogP contribution in [0.25, 0.3) is 10.8 Å². The molecule has 0 saturated heterocycles. The number of aryl methyl sites for hydroxylation is 4. The average molecular weight is 623 g/mol. The van der Waals surface area contributed by atoms with Gasteiger partial charge < -0.3 is 20.1 Å². The van der Waals surface area contributed by atoms with Crippen LogP contribution in [0.1, 0.15) is 75.6 Å². The zero-order chi connectivity index (χ0) is 33.5. The summed E-state index contributed by atoms with van der Waals surface area (Å²) in [6, 6.07) is 24.0. The molecule has 2 N–H and O–H groups in total. The van der Waals surface area contributed by atoms with Crippen LogP contribution in [0.5, 0.6) is 11.5 Å². The molecule has 0 aliphatic heterocycles. The molecule has 0 spiro atoms. The fraction of sp³-hybridized carbons (Fsp3) is 0.400. The van der Waals surface area contributed by atoms with Crippen molar-refractivity contribution in [1.29, 1.82) is 0 Å². The summed E-state index contributed by atoms with van der Waals surface area (Å²) in [6.45, 7) is 17.1. The number of nitrogens with one attached hydrogen (secondary N) is 2. The van der Waals surface area contributed by atoms with Crippen molar-refractivity contribution < 1.29 is 19.1 Å². The van der Waals surface area contributed by atoms with Crippen molar-refractivity contribution in [1.82, 2.24) is 0 Å². The Morgan fingerprint density at radius 2 is 0.978 bits per heavy atom. The molecule has 46 heavy (non-hydrogen) atoms. The minimum absolute atomic E-state index is 0.0506. The number of hydrogen-bond acceptors (Lipinski definition) is 4. The van der Waals surface area contributed by atoms with E-state index in [0.29, 0.717) is 26.1 Å². The zero-order valence-corrected chi connectivity index (χ0v) is 28.8. The summed E-state index contributed by atoms with van der Waals surface area (Å²) in [5, 5.41) is 8.07. The van der Waals surface area contributed by atoms with E-state index in [1.54, 1.807) is 0 Å². The summed E-state index contributed by atoms with van der Waals surface area (Å²) in [5.74, 6) is 1.69. The highest BCUT2D eigenvalue weighted by Crippen LogP contribution is 2.33. The molecule has 4 aromatic carbocycles.